The molecule has 0 aliphatic rings. The van der Waals surface area contributed by atoms with Gasteiger partial charge in [0.1, 0.15) is 5.56 Å². The molecule has 0 aliphatic carbocycles. The van der Waals surface area contributed by atoms with Gasteiger partial charge in [0.2, 0.25) is 0 Å². The van der Waals surface area contributed by atoms with Crippen LogP contribution in [0, 0.1) is 0 Å². The van der Waals surface area contributed by atoms with Gasteiger partial charge in [-0.25, -0.2) is 4.79 Å². The van der Waals surface area contributed by atoms with E-state index in [1.54, 1.807) is 24.5 Å². The van der Waals surface area contributed by atoms with Crippen molar-refractivity contribution in [1.82, 2.24) is 4.90 Å². The first kappa shape index (κ1) is 16.8. The van der Waals surface area contributed by atoms with Crippen LogP contribution in [0.4, 0.5) is 0 Å². The van der Waals surface area contributed by atoms with E-state index in [-0.39, 0.29) is 23.0 Å². The average molecular weight is 335 g/mol. The van der Waals surface area contributed by atoms with Crippen molar-refractivity contribution in [2.24, 2.45) is 0 Å². The number of esters is 1. The third kappa shape index (κ3) is 4.23. The SMILES string of the molecule is COc1cccc(C(=O)OCC(=O)N(C)Cc2ccsc2)c1O. The maximum absolute atomic E-state index is 12.0. The number of hydrogen-bond donors (Lipinski definition) is 1. The first-order valence-electron chi connectivity index (χ1n) is 6.81. The minimum absolute atomic E-state index is 0.0439. The number of para-hydroxylation sites is 1. The highest BCUT2D eigenvalue weighted by Crippen LogP contribution is 2.29. The van der Waals surface area contributed by atoms with Gasteiger partial charge in [-0.1, -0.05) is 6.07 Å². The summed E-state index contributed by atoms with van der Waals surface area (Å²) in [4.78, 5) is 25.4. The van der Waals surface area contributed by atoms with Crippen molar-refractivity contribution in [1.29, 1.82) is 0 Å². The van der Waals surface area contributed by atoms with Crippen LogP contribution in [0.25, 0.3) is 0 Å². The summed E-state index contributed by atoms with van der Waals surface area (Å²) in [7, 11) is 3.02. The molecule has 1 aromatic heterocycles. The fourth-order valence-corrected chi connectivity index (χ4v) is 2.57. The lowest BCUT2D eigenvalue weighted by atomic mass is 10.2. The molecule has 7 heteroatoms. The standard InChI is InChI=1S/C16H17NO5S/c1-17(8-11-6-7-23-10-11)14(18)9-22-16(20)12-4-3-5-13(21-2)15(12)19/h3-7,10,19H,8-9H2,1-2H3. The molecule has 122 valence electrons. The molecule has 0 aliphatic heterocycles. The molecule has 2 rings (SSSR count). The van der Waals surface area contributed by atoms with E-state index in [4.69, 9.17) is 9.47 Å². The fourth-order valence-electron chi connectivity index (χ4n) is 1.91. The number of hydrogen-bond acceptors (Lipinski definition) is 6. The second kappa shape index (κ2) is 7.64. The summed E-state index contributed by atoms with van der Waals surface area (Å²) in [6, 6.07) is 6.40. The zero-order valence-electron chi connectivity index (χ0n) is 12.8. The highest BCUT2D eigenvalue weighted by molar-refractivity contribution is 7.07. The normalized spacial score (nSPS) is 10.2. The van der Waals surface area contributed by atoms with Crippen LogP contribution in [0.2, 0.25) is 0 Å². The summed E-state index contributed by atoms with van der Waals surface area (Å²) in [5.41, 5.74) is 0.972. The van der Waals surface area contributed by atoms with E-state index in [1.165, 1.54) is 24.1 Å². The molecule has 0 saturated heterocycles. The first-order chi connectivity index (χ1) is 11.0. The lowest BCUT2D eigenvalue weighted by Gasteiger charge is -2.16. The van der Waals surface area contributed by atoms with E-state index in [2.05, 4.69) is 0 Å². The number of likely N-dealkylation sites (N-methyl/N-ethyl adjacent to an activating group) is 1. The zero-order valence-corrected chi connectivity index (χ0v) is 13.6. The fraction of sp³-hybridized carbons (Fsp3) is 0.250. The molecule has 1 heterocycles. The number of aromatic hydroxyl groups is 1. The van der Waals surface area contributed by atoms with Gasteiger partial charge < -0.3 is 19.5 Å². The lowest BCUT2D eigenvalue weighted by molar-refractivity contribution is -0.133. The van der Waals surface area contributed by atoms with E-state index in [0.717, 1.165) is 5.56 Å². The van der Waals surface area contributed by atoms with Crippen molar-refractivity contribution in [2.75, 3.05) is 20.8 Å². The molecule has 2 aromatic rings. The number of benzene rings is 1. The second-order valence-electron chi connectivity index (χ2n) is 4.81. The van der Waals surface area contributed by atoms with E-state index >= 15 is 0 Å². The Hall–Kier alpha value is -2.54. The highest BCUT2D eigenvalue weighted by atomic mass is 32.1. The Morgan fingerprint density at radius 3 is 2.74 bits per heavy atom. The van der Waals surface area contributed by atoms with Crippen LogP contribution in [-0.2, 0) is 16.1 Å². The van der Waals surface area contributed by atoms with Crippen molar-refractivity contribution in [2.45, 2.75) is 6.54 Å². The summed E-state index contributed by atoms with van der Waals surface area (Å²) < 4.78 is 9.89. The third-order valence-electron chi connectivity index (χ3n) is 3.19. The molecule has 0 fully saturated rings. The largest absolute Gasteiger partial charge is 0.504 e. The predicted molar refractivity (Wildman–Crippen MR) is 85.7 cm³/mol. The third-order valence-corrected chi connectivity index (χ3v) is 3.92. The van der Waals surface area contributed by atoms with Crippen molar-refractivity contribution in [3.8, 4) is 11.5 Å². The Morgan fingerprint density at radius 2 is 2.09 bits per heavy atom. The number of amides is 1. The maximum Gasteiger partial charge on any atom is 0.342 e. The summed E-state index contributed by atoms with van der Waals surface area (Å²) in [6.07, 6.45) is 0. The molecule has 1 aromatic carbocycles. The number of carbonyl (C=O) groups excluding carboxylic acids is 2. The topological polar surface area (TPSA) is 76.1 Å². The number of phenols is 1. The minimum atomic E-state index is -0.779. The summed E-state index contributed by atoms with van der Waals surface area (Å²) in [5, 5.41) is 13.8. The van der Waals surface area contributed by atoms with Crippen LogP contribution in [0.5, 0.6) is 11.5 Å². The molecule has 0 bridgehead atoms. The van der Waals surface area contributed by atoms with E-state index in [0.29, 0.717) is 6.54 Å². The smallest absolute Gasteiger partial charge is 0.342 e. The Bertz CT molecular complexity index is 684. The highest BCUT2D eigenvalue weighted by Gasteiger charge is 2.18. The number of ether oxygens (including phenoxy) is 2. The summed E-state index contributed by atoms with van der Waals surface area (Å²) in [6.45, 7) is 0.0560. The first-order valence-corrected chi connectivity index (χ1v) is 7.75. The quantitative estimate of drug-likeness (QED) is 0.820. The van der Waals surface area contributed by atoms with Gasteiger partial charge in [-0.3, -0.25) is 4.79 Å². The summed E-state index contributed by atoms with van der Waals surface area (Å²) >= 11 is 1.55. The number of phenolic OH excluding ortho intramolecular Hbond substituents is 1. The van der Waals surface area contributed by atoms with Crippen LogP contribution < -0.4 is 4.74 Å². The molecule has 0 atom stereocenters. The number of nitrogens with zero attached hydrogens (tertiary/aromatic N) is 1. The van der Waals surface area contributed by atoms with Crippen molar-refractivity contribution >= 4 is 23.2 Å². The van der Waals surface area contributed by atoms with Crippen molar-refractivity contribution in [3.63, 3.8) is 0 Å². The van der Waals surface area contributed by atoms with Gasteiger partial charge in [-0.15, -0.1) is 0 Å². The van der Waals surface area contributed by atoms with Gasteiger partial charge in [0.05, 0.1) is 7.11 Å². The van der Waals surface area contributed by atoms with E-state index in [9.17, 15) is 14.7 Å². The molecule has 0 unspecified atom stereocenters. The molecule has 1 N–H and O–H groups in total. The Balaban J connectivity index is 1.92. The molecule has 6 nitrogen and oxygen atoms in total. The van der Waals surface area contributed by atoms with Crippen molar-refractivity contribution in [3.05, 3.63) is 46.2 Å². The number of carbonyl (C=O) groups is 2. The average Bonchev–Trinajstić information content (AvgIpc) is 3.05. The summed E-state index contributed by atoms with van der Waals surface area (Å²) in [5.74, 6) is -1.25. The molecule has 23 heavy (non-hydrogen) atoms. The number of rotatable bonds is 6. The maximum atomic E-state index is 12.0. The van der Waals surface area contributed by atoms with Crippen LogP contribution in [0.3, 0.4) is 0 Å². The van der Waals surface area contributed by atoms with Gasteiger partial charge in [0.15, 0.2) is 18.1 Å². The van der Waals surface area contributed by atoms with Crippen LogP contribution in [-0.4, -0.2) is 42.6 Å². The molecule has 0 radical (unpaired) electrons. The Labute approximate surface area is 137 Å². The molecular formula is C16H17NO5S. The Morgan fingerprint density at radius 1 is 1.30 bits per heavy atom. The monoisotopic (exact) mass is 335 g/mol. The molecule has 0 saturated carbocycles. The van der Waals surface area contributed by atoms with Crippen LogP contribution in [0.15, 0.2) is 35.0 Å². The predicted octanol–water partition coefficient (Wildman–Crippen LogP) is 2.28. The number of thiophene rings is 1. The van der Waals surface area contributed by atoms with Crippen LogP contribution >= 0.6 is 11.3 Å². The molecular weight excluding hydrogens is 318 g/mol. The van der Waals surface area contributed by atoms with Crippen LogP contribution in [0.1, 0.15) is 15.9 Å². The second-order valence-corrected chi connectivity index (χ2v) is 5.59. The van der Waals surface area contributed by atoms with Gasteiger partial charge in [-0.2, -0.15) is 11.3 Å². The van der Waals surface area contributed by atoms with Gasteiger partial charge in [-0.05, 0) is 34.5 Å². The lowest BCUT2D eigenvalue weighted by Crippen LogP contribution is -2.30. The van der Waals surface area contributed by atoms with Gasteiger partial charge in [0, 0.05) is 13.6 Å². The number of methoxy groups -OCH3 is 1. The van der Waals surface area contributed by atoms with Gasteiger partial charge in [0.25, 0.3) is 5.91 Å². The zero-order chi connectivity index (χ0) is 16.8. The van der Waals surface area contributed by atoms with E-state index in [1.807, 2.05) is 16.8 Å². The Kier molecular flexibility index (Phi) is 5.59. The minimum Gasteiger partial charge on any atom is -0.504 e. The van der Waals surface area contributed by atoms with Gasteiger partial charge >= 0.3 is 5.97 Å². The van der Waals surface area contributed by atoms with E-state index < -0.39 is 12.6 Å². The molecule has 0 spiro atoms. The van der Waals surface area contributed by atoms with Crippen molar-refractivity contribution < 1.29 is 24.2 Å². The molecule has 1 amide bonds.